The van der Waals surface area contributed by atoms with Crippen LogP contribution in [0.2, 0.25) is 0 Å². The summed E-state index contributed by atoms with van der Waals surface area (Å²) < 4.78 is 0. The van der Waals surface area contributed by atoms with Crippen LogP contribution in [0.3, 0.4) is 0 Å². The molecular weight excluding hydrogens is 516 g/mol. The third-order valence-corrected chi connectivity index (χ3v) is 6.72. The predicted molar refractivity (Wildman–Crippen MR) is 172 cm³/mol. The number of anilines is 3. The molecule has 4 nitrogen and oxygen atoms in total. The molecule has 0 unspecified atom stereocenters. The Morgan fingerprint density at radius 2 is 1.00 bits per heavy atom. The molecule has 4 heteroatoms. The molecular formula is C38H28N2O2. The number of hydrogen-bond acceptors (Lipinski definition) is 2. The molecule has 0 saturated heterocycles. The lowest BCUT2D eigenvalue weighted by atomic mass is 10.0. The first-order valence-corrected chi connectivity index (χ1v) is 13.5. The molecule has 0 amide bonds. The van der Waals surface area contributed by atoms with Crippen LogP contribution in [0, 0.1) is 6.57 Å². The average molecular weight is 545 g/mol. The number of allylic oxidation sites excluding steroid dienone is 4. The molecule has 0 aliphatic rings. The van der Waals surface area contributed by atoms with E-state index in [0.29, 0.717) is 0 Å². The molecule has 0 spiro atoms. The zero-order valence-corrected chi connectivity index (χ0v) is 22.8. The molecule has 0 bridgehead atoms. The third kappa shape index (κ3) is 6.80. The smallest absolute Gasteiger partial charge is 0.333 e. The van der Waals surface area contributed by atoms with E-state index in [-0.39, 0.29) is 5.70 Å². The van der Waals surface area contributed by atoms with Gasteiger partial charge in [-0.15, -0.1) is 0 Å². The lowest BCUT2D eigenvalue weighted by molar-refractivity contribution is -0.132. The second-order valence-electron chi connectivity index (χ2n) is 9.47. The first-order valence-electron chi connectivity index (χ1n) is 13.5. The van der Waals surface area contributed by atoms with Crippen molar-refractivity contribution in [3.05, 3.63) is 180 Å². The van der Waals surface area contributed by atoms with Crippen molar-refractivity contribution < 1.29 is 9.90 Å². The molecule has 5 aromatic rings. The minimum Gasteiger partial charge on any atom is -0.486 e. The first-order chi connectivity index (χ1) is 20.6. The van der Waals surface area contributed by atoms with Gasteiger partial charge in [0.05, 0.1) is 6.57 Å². The third-order valence-electron chi connectivity index (χ3n) is 6.72. The summed E-state index contributed by atoms with van der Waals surface area (Å²) in [5, 5.41) is 8.94. The lowest BCUT2D eigenvalue weighted by Crippen LogP contribution is -2.09. The molecule has 0 aliphatic carbocycles. The molecule has 0 atom stereocenters. The highest BCUT2D eigenvalue weighted by atomic mass is 16.4. The molecule has 0 saturated carbocycles. The highest BCUT2D eigenvalue weighted by Gasteiger charge is 2.13. The Morgan fingerprint density at radius 3 is 1.43 bits per heavy atom. The van der Waals surface area contributed by atoms with E-state index >= 15 is 0 Å². The summed E-state index contributed by atoms with van der Waals surface area (Å²) in [5.74, 6) is -1.23. The van der Waals surface area contributed by atoms with Gasteiger partial charge in [-0.05, 0) is 70.3 Å². The number of carboxylic acids is 1. The summed E-state index contributed by atoms with van der Waals surface area (Å²) in [4.78, 5) is 16.2. The van der Waals surface area contributed by atoms with Gasteiger partial charge in [0.25, 0.3) is 5.70 Å². The van der Waals surface area contributed by atoms with Crippen LogP contribution >= 0.6 is 0 Å². The van der Waals surface area contributed by atoms with E-state index in [1.165, 1.54) is 17.2 Å². The maximum Gasteiger partial charge on any atom is 0.333 e. The van der Waals surface area contributed by atoms with E-state index in [9.17, 15) is 4.79 Å². The van der Waals surface area contributed by atoms with E-state index in [0.717, 1.165) is 33.8 Å². The molecule has 0 heterocycles. The summed E-state index contributed by atoms with van der Waals surface area (Å²) in [6, 6.07) is 46.1. The van der Waals surface area contributed by atoms with E-state index < -0.39 is 5.97 Å². The Labute approximate surface area is 246 Å². The van der Waals surface area contributed by atoms with Crippen molar-refractivity contribution in [2.24, 2.45) is 0 Å². The van der Waals surface area contributed by atoms with Gasteiger partial charge < -0.3 is 10.0 Å². The molecule has 0 aliphatic heterocycles. The van der Waals surface area contributed by atoms with Crippen molar-refractivity contribution in [3.8, 4) is 22.3 Å². The molecule has 1 N–H and O–H groups in total. The maximum absolute atomic E-state index is 10.9. The first kappa shape index (κ1) is 27.6. The second kappa shape index (κ2) is 13.4. The standard InChI is InChI=1S/C38H28N2O2/c1-39-37(38(41)42)16-10-2-5-11-29-17-23-34(24-18-29)40(35-25-19-32(20-26-35)30-12-6-3-7-13-30)36-27-21-33(22-28-36)31-14-8-4-9-15-31/h2-28H,(H,41,42). The molecule has 202 valence electrons. The predicted octanol–water partition coefficient (Wildman–Crippen LogP) is 9.95. The summed E-state index contributed by atoms with van der Waals surface area (Å²) in [7, 11) is 0. The highest BCUT2D eigenvalue weighted by molar-refractivity contribution is 5.89. The van der Waals surface area contributed by atoms with E-state index in [1.807, 2.05) is 60.7 Å². The zero-order valence-electron chi connectivity index (χ0n) is 22.8. The number of carbonyl (C=O) groups is 1. The minimum atomic E-state index is -1.23. The van der Waals surface area contributed by atoms with Gasteiger partial charge in [0, 0.05) is 17.1 Å². The second-order valence-corrected chi connectivity index (χ2v) is 9.47. The van der Waals surface area contributed by atoms with Crippen LogP contribution in [0.25, 0.3) is 33.2 Å². The molecule has 0 radical (unpaired) electrons. The molecule has 0 fully saturated rings. The van der Waals surface area contributed by atoms with Crippen LogP contribution < -0.4 is 4.90 Å². The van der Waals surface area contributed by atoms with Crippen LogP contribution in [0.1, 0.15) is 5.56 Å². The fourth-order valence-electron chi connectivity index (χ4n) is 4.58. The van der Waals surface area contributed by atoms with Gasteiger partial charge in [0.2, 0.25) is 0 Å². The minimum absolute atomic E-state index is 0.322. The van der Waals surface area contributed by atoms with Gasteiger partial charge in [-0.3, -0.25) is 4.79 Å². The molecule has 0 aromatic heterocycles. The van der Waals surface area contributed by atoms with Crippen molar-refractivity contribution in [2.75, 3.05) is 4.90 Å². The fourth-order valence-corrected chi connectivity index (χ4v) is 4.58. The van der Waals surface area contributed by atoms with Gasteiger partial charge in [-0.25, -0.2) is 4.85 Å². The molecule has 42 heavy (non-hydrogen) atoms. The average Bonchev–Trinajstić information content (AvgIpc) is 3.05. The monoisotopic (exact) mass is 544 g/mol. The van der Waals surface area contributed by atoms with Crippen molar-refractivity contribution in [1.82, 2.24) is 0 Å². The van der Waals surface area contributed by atoms with Crippen LogP contribution in [0.5, 0.6) is 0 Å². The zero-order chi connectivity index (χ0) is 29.1. The Balaban J connectivity index is 1.43. The summed E-state index contributed by atoms with van der Waals surface area (Å²) >= 11 is 0. The van der Waals surface area contributed by atoms with Crippen molar-refractivity contribution in [3.63, 3.8) is 0 Å². The Kier molecular flexibility index (Phi) is 8.84. The Bertz CT molecular complexity index is 1680. The number of benzene rings is 5. The quantitative estimate of drug-likeness (QED) is 0.114. The fraction of sp³-hybridized carbons (Fsp3) is 0. The van der Waals surface area contributed by atoms with Gasteiger partial charge in [-0.2, -0.15) is 0 Å². The molecule has 5 rings (SSSR count). The number of carboxylic acid groups (broad SMARTS) is 1. The van der Waals surface area contributed by atoms with E-state index in [4.69, 9.17) is 11.7 Å². The van der Waals surface area contributed by atoms with Crippen LogP contribution in [-0.4, -0.2) is 11.1 Å². The largest absolute Gasteiger partial charge is 0.486 e. The number of hydrogen-bond donors (Lipinski definition) is 1. The maximum atomic E-state index is 10.9. The van der Waals surface area contributed by atoms with Gasteiger partial charge in [0.1, 0.15) is 0 Å². The van der Waals surface area contributed by atoms with Crippen molar-refractivity contribution in [1.29, 1.82) is 0 Å². The Hall–Kier alpha value is -5.92. The molecule has 5 aromatic carbocycles. The summed E-state index contributed by atoms with van der Waals surface area (Å²) in [6.45, 7) is 6.90. The van der Waals surface area contributed by atoms with Crippen LogP contribution in [-0.2, 0) is 4.79 Å². The summed E-state index contributed by atoms with van der Waals surface area (Å²) in [6.07, 6.45) is 8.29. The van der Waals surface area contributed by atoms with Crippen LogP contribution in [0.4, 0.5) is 17.1 Å². The van der Waals surface area contributed by atoms with Gasteiger partial charge in [0.15, 0.2) is 0 Å². The van der Waals surface area contributed by atoms with E-state index in [2.05, 4.69) is 94.7 Å². The SMILES string of the molecule is [C-]#[N+]C(=CC=CC=Cc1ccc(N(c2ccc(-c3ccccc3)cc2)c2ccc(-c3ccccc3)cc2)cc1)C(=O)O. The Morgan fingerprint density at radius 1 is 0.571 bits per heavy atom. The van der Waals surface area contributed by atoms with Gasteiger partial charge >= 0.3 is 5.97 Å². The lowest BCUT2D eigenvalue weighted by Gasteiger charge is -2.26. The highest BCUT2D eigenvalue weighted by Crippen LogP contribution is 2.36. The number of aliphatic carboxylic acids is 1. The van der Waals surface area contributed by atoms with Crippen molar-refractivity contribution >= 4 is 29.1 Å². The normalized spacial score (nSPS) is 11.5. The summed E-state index contributed by atoms with van der Waals surface area (Å²) in [5.41, 5.74) is 8.47. The van der Waals surface area contributed by atoms with E-state index in [1.54, 1.807) is 12.2 Å². The van der Waals surface area contributed by atoms with Crippen molar-refractivity contribution in [2.45, 2.75) is 0 Å². The number of rotatable bonds is 9. The van der Waals surface area contributed by atoms with Crippen LogP contribution in [0.15, 0.2) is 163 Å². The topological polar surface area (TPSA) is 44.9 Å². The van der Waals surface area contributed by atoms with Gasteiger partial charge in [-0.1, -0.05) is 121 Å². The number of nitrogens with zero attached hydrogens (tertiary/aromatic N) is 2.